The number of nitrogens with two attached hydrogens (primary N) is 1. The Hall–Kier alpha value is -2.70. The quantitative estimate of drug-likeness (QED) is 0.758. The van der Waals surface area contributed by atoms with Gasteiger partial charge in [-0.25, -0.2) is 18.0 Å². The second-order valence-corrected chi connectivity index (χ2v) is 4.33. The zero-order valence-corrected chi connectivity index (χ0v) is 10.7. The van der Waals surface area contributed by atoms with Crippen LogP contribution in [0, 0.1) is 17.5 Å². The lowest BCUT2D eigenvalue weighted by atomic mass is 10.1. The molecule has 4 N–H and O–H groups in total. The summed E-state index contributed by atoms with van der Waals surface area (Å²) in [5.41, 5.74) is 5.24. The Balaban J connectivity index is 2.21. The first kappa shape index (κ1) is 14.7. The fourth-order valence-electron chi connectivity index (χ4n) is 1.76. The van der Waals surface area contributed by atoms with Crippen LogP contribution in [0.5, 0.6) is 0 Å². The summed E-state index contributed by atoms with van der Waals surface area (Å²) < 4.78 is 39.5. The molecular weight excluding hydrogens is 285 g/mol. The van der Waals surface area contributed by atoms with Crippen LogP contribution in [0.3, 0.4) is 0 Å². The average molecular weight is 296 g/mol. The number of hydrogen-bond donors (Lipinski definition) is 3. The van der Waals surface area contributed by atoms with E-state index in [4.69, 9.17) is 10.8 Å². The van der Waals surface area contributed by atoms with E-state index in [1.54, 1.807) is 0 Å². The number of aromatic carboxylic acids is 1. The monoisotopic (exact) mass is 296 g/mol. The highest BCUT2D eigenvalue weighted by Crippen LogP contribution is 2.23. The van der Waals surface area contributed by atoms with Gasteiger partial charge in [0.05, 0.1) is 11.3 Å². The molecular formula is C14H11F3N2O2. The zero-order chi connectivity index (χ0) is 15.6. The van der Waals surface area contributed by atoms with Crippen molar-refractivity contribution in [3.05, 3.63) is 58.9 Å². The molecule has 0 saturated heterocycles. The maximum absolute atomic E-state index is 13.7. The van der Waals surface area contributed by atoms with E-state index in [0.717, 1.165) is 24.3 Å². The molecule has 0 aromatic heterocycles. The Morgan fingerprint density at radius 1 is 1.10 bits per heavy atom. The Morgan fingerprint density at radius 3 is 2.43 bits per heavy atom. The first-order valence-corrected chi connectivity index (χ1v) is 5.88. The summed E-state index contributed by atoms with van der Waals surface area (Å²) in [6.07, 6.45) is 0. The Bertz CT molecular complexity index is 705. The SMILES string of the molecule is Nc1cc(F)c(NCc2ccc(F)c(F)c2)cc1C(=O)O. The third kappa shape index (κ3) is 3.25. The lowest BCUT2D eigenvalue weighted by molar-refractivity contribution is 0.0698. The van der Waals surface area contributed by atoms with Crippen LogP contribution < -0.4 is 11.1 Å². The van der Waals surface area contributed by atoms with Crippen LogP contribution in [0.15, 0.2) is 30.3 Å². The fraction of sp³-hybridized carbons (Fsp3) is 0.0714. The number of benzene rings is 2. The molecule has 2 rings (SSSR count). The summed E-state index contributed by atoms with van der Waals surface area (Å²) in [6, 6.07) is 5.19. The van der Waals surface area contributed by atoms with E-state index in [0.29, 0.717) is 5.56 Å². The highest BCUT2D eigenvalue weighted by atomic mass is 19.2. The molecule has 0 amide bonds. The van der Waals surface area contributed by atoms with Gasteiger partial charge in [-0.2, -0.15) is 0 Å². The number of anilines is 2. The molecule has 110 valence electrons. The van der Waals surface area contributed by atoms with E-state index in [1.807, 2.05) is 0 Å². The molecule has 0 radical (unpaired) electrons. The van der Waals surface area contributed by atoms with Gasteiger partial charge >= 0.3 is 5.97 Å². The molecule has 0 aliphatic rings. The Kier molecular flexibility index (Phi) is 4.02. The Morgan fingerprint density at radius 2 is 1.81 bits per heavy atom. The van der Waals surface area contributed by atoms with E-state index >= 15 is 0 Å². The first-order chi connectivity index (χ1) is 9.88. The van der Waals surface area contributed by atoms with Crippen LogP contribution in [-0.2, 0) is 6.54 Å². The van der Waals surface area contributed by atoms with E-state index in [9.17, 15) is 18.0 Å². The molecule has 4 nitrogen and oxygen atoms in total. The van der Waals surface area contributed by atoms with E-state index < -0.39 is 23.4 Å². The van der Waals surface area contributed by atoms with Crippen molar-refractivity contribution >= 4 is 17.3 Å². The van der Waals surface area contributed by atoms with E-state index in [2.05, 4.69) is 5.32 Å². The normalized spacial score (nSPS) is 10.4. The number of nitrogens with one attached hydrogen (secondary N) is 1. The molecule has 7 heteroatoms. The van der Waals surface area contributed by atoms with Crippen molar-refractivity contribution in [3.8, 4) is 0 Å². The molecule has 0 aliphatic heterocycles. The number of hydrogen-bond acceptors (Lipinski definition) is 3. The predicted octanol–water partition coefficient (Wildman–Crippen LogP) is 3.00. The van der Waals surface area contributed by atoms with Crippen LogP contribution in [0.25, 0.3) is 0 Å². The van der Waals surface area contributed by atoms with Crippen molar-refractivity contribution < 1.29 is 23.1 Å². The third-order valence-corrected chi connectivity index (χ3v) is 2.84. The number of carboxylic acids is 1. The number of rotatable bonds is 4. The van der Waals surface area contributed by atoms with Gasteiger partial charge in [-0.15, -0.1) is 0 Å². The van der Waals surface area contributed by atoms with Crippen LogP contribution in [-0.4, -0.2) is 11.1 Å². The largest absolute Gasteiger partial charge is 0.478 e. The van der Waals surface area contributed by atoms with Gasteiger partial charge in [0.25, 0.3) is 0 Å². The van der Waals surface area contributed by atoms with E-state index in [-0.39, 0.29) is 23.5 Å². The summed E-state index contributed by atoms with van der Waals surface area (Å²) in [7, 11) is 0. The van der Waals surface area contributed by atoms with Gasteiger partial charge in [0, 0.05) is 12.2 Å². The molecule has 2 aromatic carbocycles. The summed E-state index contributed by atoms with van der Waals surface area (Å²) >= 11 is 0. The van der Waals surface area contributed by atoms with Gasteiger partial charge < -0.3 is 16.2 Å². The molecule has 21 heavy (non-hydrogen) atoms. The first-order valence-electron chi connectivity index (χ1n) is 5.88. The molecule has 2 aromatic rings. The topological polar surface area (TPSA) is 75.3 Å². The number of halogens is 3. The van der Waals surface area contributed by atoms with Crippen molar-refractivity contribution in [2.75, 3.05) is 11.1 Å². The van der Waals surface area contributed by atoms with Gasteiger partial charge in [-0.3, -0.25) is 0 Å². The van der Waals surface area contributed by atoms with Gasteiger partial charge in [-0.1, -0.05) is 6.07 Å². The summed E-state index contributed by atoms with van der Waals surface area (Å²) in [5.74, 6) is -4.02. The lowest BCUT2D eigenvalue weighted by Gasteiger charge is -2.10. The minimum atomic E-state index is -1.29. The molecule has 0 aliphatic carbocycles. The van der Waals surface area contributed by atoms with Crippen molar-refractivity contribution in [1.29, 1.82) is 0 Å². The second kappa shape index (κ2) is 5.74. The average Bonchev–Trinajstić information content (AvgIpc) is 2.41. The van der Waals surface area contributed by atoms with Crippen molar-refractivity contribution in [3.63, 3.8) is 0 Å². The smallest absolute Gasteiger partial charge is 0.337 e. The zero-order valence-electron chi connectivity index (χ0n) is 10.7. The summed E-state index contributed by atoms with van der Waals surface area (Å²) in [4.78, 5) is 10.9. The molecule has 0 atom stereocenters. The molecule has 0 fully saturated rings. The van der Waals surface area contributed by atoms with Gasteiger partial charge in [0.1, 0.15) is 5.82 Å². The van der Waals surface area contributed by atoms with Gasteiger partial charge in [0.15, 0.2) is 11.6 Å². The molecule has 0 spiro atoms. The summed E-state index contributed by atoms with van der Waals surface area (Å²) in [6.45, 7) is -0.00288. The molecule has 0 heterocycles. The van der Waals surface area contributed by atoms with Crippen LogP contribution in [0.2, 0.25) is 0 Å². The number of nitrogen functional groups attached to an aromatic ring is 1. The number of carboxylic acid groups (broad SMARTS) is 1. The standard InChI is InChI=1S/C14H11F3N2O2/c15-9-2-1-7(3-10(9)16)6-19-13-4-8(14(20)21)12(18)5-11(13)17/h1-5,19H,6,18H2,(H,20,21). The van der Waals surface area contributed by atoms with Crippen LogP contribution in [0.4, 0.5) is 24.5 Å². The van der Waals surface area contributed by atoms with E-state index in [1.165, 1.54) is 6.07 Å². The maximum Gasteiger partial charge on any atom is 0.337 e. The fourth-order valence-corrected chi connectivity index (χ4v) is 1.76. The Labute approximate surface area is 118 Å². The van der Waals surface area contributed by atoms with Crippen LogP contribution >= 0.6 is 0 Å². The maximum atomic E-state index is 13.7. The lowest BCUT2D eigenvalue weighted by Crippen LogP contribution is -2.07. The molecule has 0 bridgehead atoms. The van der Waals surface area contributed by atoms with Crippen molar-refractivity contribution in [2.45, 2.75) is 6.54 Å². The number of carbonyl (C=O) groups is 1. The summed E-state index contributed by atoms with van der Waals surface area (Å²) in [5, 5.41) is 11.5. The highest BCUT2D eigenvalue weighted by Gasteiger charge is 2.13. The minimum absolute atomic E-state index is 0.00288. The third-order valence-electron chi connectivity index (χ3n) is 2.84. The van der Waals surface area contributed by atoms with Crippen LogP contribution in [0.1, 0.15) is 15.9 Å². The van der Waals surface area contributed by atoms with Crippen molar-refractivity contribution in [1.82, 2.24) is 0 Å². The molecule has 0 unspecified atom stereocenters. The second-order valence-electron chi connectivity index (χ2n) is 4.33. The minimum Gasteiger partial charge on any atom is -0.478 e. The van der Waals surface area contributed by atoms with Crippen molar-refractivity contribution in [2.24, 2.45) is 0 Å². The predicted molar refractivity (Wildman–Crippen MR) is 71.5 cm³/mol. The highest BCUT2D eigenvalue weighted by molar-refractivity contribution is 5.94. The molecule has 0 saturated carbocycles. The van der Waals surface area contributed by atoms with Gasteiger partial charge in [-0.05, 0) is 29.8 Å². The van der Waals surface area contributed by atoms with Gasteiger partial charge in [0.2, 0.25) is 0 Å².